The first-order valence-corrected chi connectivity index (χ1v) is 11.1. The zero-order valence-electron chi connectivity index (χ0n) is 17.3. The van der Waals surface area contributed by atoms with Crippen LogP contribution in [-0.4, -0.2) is 31.4 Å². The van der Waals surface area contributed by atoms with Crippen LogP contribution in [0.25, 0.3) is 5.69 Å². The summed E-state index contributed by atoms with van der Waals surface area (Å²) < 4.78 is 2.39. The van der Waals surface area contributed by atoms with Gasteiger partial charge in [-0.3, -0.25) is 9.98 Å². The van der Waals surface area contributed by atoms with Crippen molar-refractivity contribution >= 4 is 16.9 Å². The molecule has 0 amide bonds. The van der Waals surface area contributed by atoms with Gasteiger partial charge < -0.3 is 9.47 Å². The number of benzene rings is 1. The summed E-state index contributed by atoms with van der Waals surface area (Å²) in [5, 5.41) is 1.74. The zero-order chi connectivity index (χ0) is 20.1. The molecule has 1 fully saturated rings. The number of nitrogens with zero attached hydrogens (tertiary/aromatic N) is 4. The van der Waals surface area contributed by atoms with Gasteiger partial charge in [-0.25, -0.2) is 0 Å². The molecule has 2 aliphatic rings. The largest absolute Gasteiger partial charge is 0.341 e. The van der Waals surface area contributed by atoms with E-state index in [9.17, 15) is 0 Å². The van der Waals surface area contributed by atoms with Crippen LogP contribution in [0.2, 0.25) is 0 Å². The van der Waals surface area contributed by atoms with Crippen LogP contribution in [0, 0.1) is 20.8 Å². The summed E-state index contributed by atoms with van der Waals surface area (Å²) in [6.07, 6.45) is 1.88. The maximum atomic E-state index is 5.16. The van der Waals surface area contributed by atoms with Gasteiger partial charge in [-0.2, -0.15) is 0 Å². The number of hydrogen-bond donors (Lipinski definition) is 0. The first-order chi connectivity index (χ1) is 14.1. The molecule has 5 heteroatoms. The fraction of sp³-hybridized carbons (Fsp3) is 0.333. The third kappa shape index (κ3) is 2.91. The van der Waals surface area contributed by atoms with E-state index in [-0.39, 0.29) is 12.1 Å². The normalized spacial score (nSPS) is 23.4. The summed E-state index contributed by atoms with van der Waals surface area (Å²) in [4.78, 5) is 12.3. The summed E-state index contributed by atoms with van der Waals surface area (Å²) in [6.45, 7) is 10.1. The Morgan fingerprint density at radius 2 is 1.72 bits per heavy atom. The van der Waals surface area contributed by atoms with Gasteiger partial charge in [0, 0.05) is 40.6 Å². The van der Waals surface area contributed by atoms with Crippen LogP contribution < -0.4 is 0 Å². The van der Waals surface area contributed by atoms with E-state index in [4.69, 9.17) is 4.99 Å². The number of fused-ring (bicyclic) bond motifs is 1. The minimum absolute atomic E-state index is 0.0367. The Bertz CT molecular complexity index is 1070. The third-order valence-corrected chi connectivity index (χ3v) is 7.30. The Kier molecular flexibility index (Phi) is 4.50. The molecule has 3 atom stereocenters. The lowest BCUT2D eigenvalue weighted by molar-refractivity contribution is 0.319. The summed E-state index contributed by atoms with van der Waals surface area (Å²) in [5.41, 5.74) is 7.63. The first-order valence-electron chi connectivity index (χ1n) is 10.2. The van der Waals surface area contributed by atoms with Crippen molar-refractivity contribution in [3.05, 3.63) is 82.9 Å². The van der Waals surface area contributed by atoms with E-state index in [1.54, 1.807) is 0 Å². The van der Waals surface area contributed by atoms with Gasteiger partial charge >= 0.3 is 0 Å². The molecule has 0 saturated carbocycles. The van der Waals surface area contributed by atoms with Gasteiger partial charge in [0.25, 0.3) is 0 Å². The van der Waals surface area contributed by atoms with Gasteiger partial charge in [0.1, 0.15) is 6.04 Å². The van der Waals surface area contributed by atoms with Crippen LogP contribution in [0.5, 0.6) is 0 Å². The predicted octanol–water partition coefficient (Wildman–Crippen LogP) is 5.39. The maximum Gasteiger partial charge on any atom is 0.160 e. The molecular formula is C24H26N4S. The van der Waals surface area contributed by atoms with Crippen LogP contribution >= 0.6 is 11.8 Å². The van der Waals surface area contributed by atoms with E-state index < -0.39 is 0 Å². The predicted molar refractivity (Wildman–Crippen MR) is 121 cm³/mol. The Morgan fingerprint density at radius 3 is 2.45 bits per heavy atom. The SMILES string of the molecule is Cc1c([C@@H]2[C@H](c3ccccn3)N=C3S[C@@H](C)CN32)c(C)n(-c2ccccc2)c1C. The number of aromatic nitrogens is 2. The highest BCUT2D eigenvalue weighted by atomic mass is 32.2. The highest BCUT2D eigenvalue weighted by Crippen LogP contribution is 2.50. The van der Waals surface area contributed by atoms with Gasteiger partial charge in [0.15, 0.2) is 5.17 Å². The fourth-order valence-electron chi connectivity index (χ4n) is 4.84. The maximum absolute atomic E-state index is 5.16. The smallest absolute Gasteiger partial charge is 0.160 e. The zero-order valence-corrected chi connectivity index (χ0v) is 18.1. The van der Waals surface area contributed by atoms with Crippen LogP contribution in [0.4, 0.5) is 0 Å². The lowest BCUT2D eigenvalue weighted by Gasteiger charge is -2.28. The van der Waals surface area contributed by atoms with E-state index >= 15 is 0 Å². The van der Waals surface area contributed by atoms with Gasteiger partial charge in [-0.05, 0) is 50.6 Å². The molecule has 0 N–H and O–H groups in total. The number of para-hydroxylation sites is 1. The second-order valence-corrected chi connectivity index (χ2v) is 9.42. The highest BCUT2D eigenvalue weighted by molar-refractivity contribution is 8.14. The fourth-order valence-corrected chi connectivity index (χ4v) is 5.93. The Hall–Kier alpha value is -2.53. The molecule has 4 heterocycles. The summed E-state index contributed by atoms with van der Waals surface area (Å²) in [5.74, 6) is 0. The first kappa shape index (κ1) is 18.5. The molecule has 0 spiro atoms. The number of pyridine rings is 1. The van der Waals surface area contributed by atoms with Crippen molar-refractivity contribution in [1.82, 2.24) is 14.5 Å². The van der Waals surface area contributed by atoms with E-state index in [2.05, 4.69) is 84.6 Å². The number of aliphatic imine (C=N–C) groups is 1. The molecule has 0 unspecified atom stereocenters. The quantitative estimate of drug-likeness (QED) is 0.589. The molecule has 148 valence electrons. The minimum Gasteiger partial charge on any atom is -0.341 e. The number of thioether (sulfide) groups is 1. The molecule has 1 saturated heterocycles. The van der Waals surface area contributed by atoms with Crippen LogP contribution in [0.3, 0.4) is 0 Å². The second-order valence-electron chi connectivity index (χ2n) is 8.02. The molecule has 1 aromatic carbocycles. The Labute approximate surface area is 176 Å². The average Bonchev–Trinajstić information content (AvgIpc) is 3.33. The van der Waals surface area contributed by atoms with Gasteiger partial charge in [0.2, 0.25) is 0 Å². The molecule has 5 rings (SSSR count). The number of hydrogen-bond acceptors (Lipinski definition) is 4. The lowest BCUT2D eigenvalue weighted by atomic mass is 9.93. The molecule has 29 heavy (non-hydrogen) atoms. The van der Waals surface area contributed by atoms with E-state index in [0.29, 0.717) is 5.25 Å². The lowest BCUT2D eigenvalue weighted by Crippen LogP contribution is -2.29. The van der Waals surface area contributed by atoms with Crippen molar-refractivity contribution < 1.29 is 0 Å². The summed E-state index contributed by atoms with van der Waals surface area (Å²) in [7, 11) is 0. The van der Waals surface area contributed by atoms with Crippen molar-refractivity contribution in [2.24, 2.45) is 4.99 Å². The van der Waals surface area contributed by atoms with E-state index in [0.717, 1.165) is 12.2 Å². The van der Waals surface area contributed by atoms with Crippen LogP contribution in [0.15, 0.2) is 59.7 Å². The standard InChI is InChI=1S/C24H26N4S/c1-15-14-27-23(22(26-24(27)29-15)20-12-8-9-13-25-20)21-16(2)17(3)28(18(21)4)19-10-6-5-7-11-19/h5-13,15,22-23H,14H2,1-4H3/t15-,22-,23+/m0/s1. The van der Waals surface area contributed by atoms with E-state index in [1.807, 2.05) is 24.0 Å². The molecule has 3 aromatic rings. The number of rotatable bonds is 3. The topological polar surface area (TPSA) is 33.4 Å². The van der Waals surface area contributed by atoms with Gasteiger partial charge in [0.05, 0.1) is 11.7 Å². The van der Waals surface area contributed by atoms with Gasteiger partial charge in [-0.1, -0.05) is 43.0 Å². The van der Waals surface area contributed by atoms with Crippen molar-refractivity contribution in [1.29, 1.82) is 0 Å². The molecule has 0 bridgehead atoms. The van der Waals surface area contributed by atoms with Crippen LogP contribution in [-0.2, 0) is 0 Å². The molecule has 0 radical (unpaired) electrons. The van der Waals surface area contributed by atoms with Crippen molar-refractivity contribution in [3.63, 3.8) is 0 Å². The monoisotopic (exact) mass is 402 g/mol. The molecule has 2 aliphatic heterocycles. The Morgan fingerprint density at radius 1 is 0.966 bits per heavy atom. The third-order valence-electron chi connectivity index (χ3n) is 6.20. The summed E-state index contributed by atoms with van der Waals surface area (Å²) >= 11 is 1.89. The second kappa shape index (κ2) is 7.06. The molecule has 2 aromatic heterocycles. The van der Waals surface area contributed by atoms with E-state index in [1.165, 1.54) is 33.4 Å². The Balaban J connectivity index is 1.67. The van der Waals surface area contributed by atoms with Crippen molar-refractivity contribution in [3.8, 4) is 5.69 Å². The molecule has 4 nitrogen and oxygen atoms in total. The number of amidine groups is 1. The van der Waals surface area contributed by atoms with Crippen molar-refractivity contribution in [2.45, 2.75) is 45.0 Å². The minimum atomic E-state index is 0.0367. The summed E-state index contributed by atoms with van der Waals surface area (Å²) in [6, 6.07) is 17.0. The molecular weight excluding hydrogens is 376 g/mol. The average molecular weight is 403 g/mol. The van der Waals surface area contributed by atoms with Gasteiger partial charge in [-0.15, -0.1) is 0 Å². The highest BCUT2D eigenvalue weighted by Gasteiger charge is 2.45. The van der Waals surface area contributed by atoms with Crippen molar-refractivity contribution in [2.75, 3.05) is 6.54 Å². The van der Waals surface area contributed by atoms with Crippen LogP contribution in [0.1, 0.15) is 47.2 Å². The molecule has 0 aliphatic carbocycles.